The molecule has 0 saturated carbocycles. The van der Waals surface area contributed by atoms with E-state index >= 15 is 0 Å². The lowest BCUT2D eigenvalue weighted by Crippen LogP contribution is -2.43. The fourth-order valence-electron chi connectivity index (χ4n) is 1.71. The lowest BCUT2D eigenvalue weighted by Gasteiger charge is -2.30. The fraction of sp³-hybridized carbons (Fsp3) is 1.00. The van der Waals surface area contributed by atoms with E-state index in [0.717, 1.165) is 18.9 Å². The van der Waals surface area contributed by atoms with Gasteiger partial charge in [0.25, 0.3) is 0 Å². The minimum absolute atomic E-state index is 0.141. The van der Waals surface area contributed by atoms with Crippen molar-refractivity contribution in [2.75, 3.05) is 6.61 Å². The Balaban J connectivity index is 4.13. The summed E-state index contributed by atoms with van der Waals surface area (Å²) in [5.74, 6) is 0. The van der Waals surface area contributed by atoms with E-state index in [0.29, 0.717) is 6.42 Å². The SMILES string of the molecule is C[Si](C)(C)O[SiH](CCCCC(O)CO)O[Si](C)(C)C. The molecular weight excluding hydrogens is 292 g/mol. The first-order valence-corrected chi connectivity index (χ1v) is 15.8. The molecule has 116 valence electrons. The van der Waals surface area contributed by atoms with Gasteiger partial charge in [-0.1, -0.05) is 12.8 Å². The lowest BCUT2D eigenvalue weighted by molar-refractivity contribution is 0.0864. The van der Waals surface area contributed by atoms with Gasteiger partial charge in [0.05, 0.1) is 12.7 Å². The van der Waals surface area contributed by atoms with E-state index in [-0.39, 0.29) is 6.61 Å². The first-order chi connectivity index (χ1) is 8.53. The lowest BCUT2D eigenvalue weighted by atomic mass is 10.2. The van der Waals surface area contributed by atoms with Crippen molar-refractivity contribution >= 4 is 25.9 Å². The summed E-state index contributed by atoms with van der Waals surface area (Å²) in [7, 11) is -4.66. The molecule has 19 heavy (non-hydrogen) atoms. The molecule has 0 heterocycles. The Kier molecular flexibility index (Phi) is 8.93. The minimum atomic E-state index is -1.58. The number of aliphatic hydroxyl groups excluding tert-OH is 2. The van der Waals surface area contributed by atoms with Crippen LogP contribution < -0.4 is 0 Å². The molecule has 0 radical (unpaired) electrons. The van der Waals surface area contributed by atoms with Gasteiger partial charge in [-0.2, -0.15) is 0 Å². The van der Waals surface area contributed by atoms with Crippen LogP contribution in [-0.2, 0) is 8.23 Å². The van der Waals surface area contributed by atoms with Crippen molar-refractivity contribution in [3.05, 3.63) is 0 Å². The van der Waals surface area contributed by atoms with Gasteiger partial charge in [-0.25, -0.2) is 0 Å². The first-order valence-electron chi connectivity index (χ1n) is 7.18. The largest absolute Gasteiger partial charge is 0.439 e. The molecule has 2 N–H and O–H groups in total. The summed E-state index contributed by atoms with van der Waals surface area (Å²) in [6.45, 7) is 13.1. The Hall–Kier alpha value is 0.491. The molecule has 0 bridgehead atoms. The standard InChI is InChI=1S/C12H32O4Si3/c1-18(2,3)15-17(16-19(4,5)6)10-8-7-9-12(14)11-13/h12-14,17H,7-11H2,1-6H3. The van der Waals surface area contributed by atoms with Crippen molar-refractivity contribution in [3.8, 4) is 0 Å². The Bertz CT molecular complexity index is 222. The maximum Gasteiger partial charge on any atom is 0.300 e. The van der Waals surface area contributed by atoms with Crippen LogP contribution in [0.15, 0.2) is 0 Å². The molecule has 4 nitrogen and oxygen atoms in total. The van der Waals surface area contributed by atoms with Crippen molar-refractivity contribution in [3.63, 3.8) is 0 Å². The highest BCUT2D eigenvalue weighted by atomic mass is 28.4. The highest BCUT2D eigenvalue weighted by Crippen LogP contribution is 2.17. The molecule has 0 fully saturated rings. The molecular formula is C12H32O4Si3. The molecule has 0 spiro atoms. The summed E-state index contributed by atoms with van der Waals surface area (Å²) in [6.07, 6.45) is 2.03. The third-order valence-electron chi connectivity index (χ3n) is 2.41. The van der Waals surface area contributed by atoms with Crippen LogP contribution in [0.1, 0.15) is 19.3 Å². The summed E-state index contributed by atoms with van der Waals surface area (Å²) in [5.41, 5.74) is 0. The van der Waals surface area contributed by atoms with Gasteiger partial charge in [-0.15, -0.1) is 0 Å². The minimum Gasteiger partial charge on any atom is -0.439 e. The molecule has 1 unspecified atom stereocenters. The zero-order valence-corrected chi connectivity index (χ0v) is 16.6. The number of hydrogen-bond acceptors (Lipinski definition) is 4. The smallest absolute Gasteiger partial charge is 0.300 e. The van der Waals surface area contributed by atoms with E-state index < -0.39 is 32.0 Å². The molecule has 0 aliphatic rings. The monoisotopic (exact) mass is 324 g/mol. The predicted molar refractivity (Wildman–Crippen MR) is 87.8 cm³/mol. The van der Waals surface area contributed by atoms with Crippen molar-refractivity contribution in [1.29, 1.82) is 0 Å². The summed E-state index contributed by atoms with van der Waals surface area (Å²) in [5, 5.41) is 18.1. The molecule has 0 amide bonds. The van der Waals surface area contributed by atoms with Crippen LogP contribution in [0, 0.1) is 0 Å². The van der Waals surface area contributed by atoms with Gasteiger partial charge in [-0.05, 0) is 51.7 Å². The average molecular weight is 325 g/mol. The average Bonchev–Trinajstić information content (AvgIpc) is 2.19. The van der Waals surface area contributed by atoms with Crippen LogP contribution >= 0.6 is 0 Å². The molecule has 0 aromatic carbocycles. The van der Waals surface area contributed by atoms with Crippen molar-refractivity contribution in [2.45, 2.75) is 70.7 Å². The maximum atomic E-state index is 9.31. The number of rotatable bonds is 10. The molecule has 0 aliphatic carbocycles. The number of aliphatic hydroxyl groups is 2. The summed E-state index contributed by atoms with van der Waals surface area (Å²) >= 11 is 0. The highest BCUT2D eigenvalue weighted by molar-refractivity contribution is 6.81. The second-order valence-electron chi connectivity index (χ2n) is 7.01. The predicted octanol–water partition coefficient (Wildman–Crippen LogP) is 2.43. The van der Waals surface area contributed by atoms with E-state index in [1.54, 1.807) is 0 Å². The van der Waals surface area contributed by atoms with Gasteiger partial charge in [0, 0.05) is 0 Å². The van der Waals surface area contributed by atoms with Crippen LogP contribution in [0.5, 0.6) is 0 Å². The molecule has 0 aromatic rings. The van der Waals surface area contributed by atoms with Crippen molar-refractivity contribution in [2.24, 2.45) is 0 Å². The molecule has 0 aliphatic heterocycles. The fourth-order valence-corrected chi connectivity index (χ4v) is 10.2. The van der Waals surface area contributed by atoms with Crippen LogP contribution in [0.4, 0.5) is 0 Å². The Morgan fingerprint density at radius 2 is 1.42 bits per heavy atom. The van der Waals surface area contributed by atoms with E-state index in [1.165, 1.54) is 0 Å². The normalized spacial score (nSPS) is 15.0. The Labute approximate surface area is 122 Å². The second kappa shape index (κ2) is 8.71. The molecule has 0 saturated heterocycles. The first kappa shape index (κ1) is 19.5. The second-order valence-corrected chi connectivity index (χ2v) is 18.8. The molecule has 0 rings (SSSR count). The van der Waals surface area contributed by atoms with Gasteiger partial charge in [0.1, 0.15) is 0 Å². The maximum absolute atomic E-state index is 9.31. The summed E-state index contributed by atoms with van der Waals surface area (Å²) in [4.78, 5) is 0. The third-order valence-corrected chi connectivity index (χ3v) is 11.0. The Morgan fingerprint density at radius 1 is 0.947 bits per heavy atom. The molecule has 0 aromatic heterocycles. The van der Waals surface area contributed by atoms with Gasteiger partial charge in [0.2, 0.25) is 0 Å². The zero-order chi connectivity index (χ0) is 15.1. The van der Waals surface area contributed by atoms with Gasteiger partial charge < -0.3 is 18.4 Å². The molecule has 7 heteroatoms. The van der Waals surface area contributed by atoms with Crippen LogP contribution in [-0.4, -0.2) is 48.8 Å². The third kappa shape index (κ3) is 13.2. The van der Waals surface area contributed by atoms with Crippen molar-refractivity contribution < 1.29 is 18.4 Å². The van der Waals surface area contributed by atoms with Crippen molar-refractivity contribution in [1.82, 2.24) is 0 Å². The summed E-state index contributed by atoms with van der Waals surface area (Å²) < 4.78 is 12.5. The Morgan fingerprint density at radius 3 is 1.79 bits per heavy atom. The van der Waals surface area contributed by atoms with Crippen LogP contribution in [0.2, 0.25) is 45.3 Å². The van der Waals surface area contributed by atoms with Crippen LogP contribution in [0.3, 0.4) is 0 Å². The quantitative estimate of drug-likeness (QED) is 0.479. The van der Waals surface area contributed by atoms with Gasteiger partial charge >= 0.3 is 9.28 Å². The van der Waals surface area contributed by atoms with E-state index in [9.17, 15) is 5.11 Å². The van der Waals surface area contributed by atoms with Gasteiger partial charge in [-0.3, -0.25) is 0 Å². The molecule has 1 atom stereocenters. The highest BCUT2D eigenvalue weighted by Gasteiger charge is 2.28. The van der Waals surface area contributed by atoms with Crippen LogP contribution in [0.25, 0.3) is 0 Å². The summed E-state index contributed by atoms with van der Waals surface area (Å²) in [6, 6.07) is 1.01. The van der Waals surface area contributed by atoms with Gasteiger partial charge in [0.15, 0.2) is 16.6 Å². The van der Waals surface area contributed by atoms with E-state index in [2.05, 4.69) is 39.3 Å². The topological polar surface area (TPSA) is 58.9 Å². The number of unbranched alkanes of at least 4 members (excludes halogenated alkanes) is 1. The zero-order valence-electron chi connectivity index (χ0n) is 13.4. The van der Waals surface area contributed by atoms with E-state index in [1.807, 2.05) is 0 Å². The van der Waals surface area contributed by atoms with E-state index in [4.69, 9.17) is 13.3 Å². The number of hydrogen-bond donors (Lipinski definition) is 2.